The Morgan fingerprint density at radius 3 is 2.38 bits per heavy atom. The lowest BCUT2D eigenvalue weighted by Gasteiger charge is -2.21. The largest absolute Gasteiger partial charge is 0.310 e. The number of hydrogen-bond donors (Lipinski definition) is 1. The number of rotatable bonds is 5. The van der Waals surface area contributed by atoms with Gasteiger partial charge in [0.2, 0.25) is 0 Å². The molecule has 2 aromatic rings. The van der Waals surface area contributed by atoms with E-state index in [1.807, 2.05) is 13.8 Å². The van der Waals surface area contributed by atoms with E-state index in [0.717, 1.165) is 23.3 Å². The highest BCUT2D eigenvalue weighted by Gasteiger charge is 2.17. The van der Waals surface area contributed by atoms with Crippen LogP contribution in [0.3, 0.4) is 0 Å². The molecule has 1 nitrogen and oxygen atoms in total. The smallest absolute Gasteiger partial charge is 0.126 e. The van der Waals surface area contributed by atoms with Crippen molar-refractivity contribution in [2.75, 3.05) is 6.54 Å². The first-order valence-corrected chi connectivity index (χ1v) is 6.94. The van der Waals surface area contributed by atoms with Crippen molar-refractivity contribution >= 4 is 0 Å². The molecule has 0 bridgehead atoms. The summed E-state index contributed by atoms with van der Waals surface area (Å²) in [5.74, 6) is -1.26. The zero-order valence-corrected chi connectivity index (χ0v) is 12.1. The van der Waals surface area contributed by atoms with E-state index in [-0.39, 0.29) is 23.8 Å². The van der Waals surface area contributed by atoms with Crippen molar-refractivity contribution in [3.05, 3.63) is 70.5 Å². The molecule has 21 heavy (non-hydrogen) atoms. The van der Waals surface area contributed by atoms with Crippen molar-refractivity contribution in [3.8, 4) is 0 Å². The van der Waals surface area contributed by atoms with Crippen LogP contribution in [-0.4, -0.2) is 6.54 Å². The number of benzene rings is 2. The van der Waals surface area contributed by atoms with E-state index in [1.54, 1.807) is 6.07 Å². The third-order valence-electron chi connectivity index (χ3n) is 3.50. The highest BCUT2D eigenvalue weighted by molar-refractivity contribution is 5.32. The quantitative estimate of drug-likeness (QED) is 0.866. The molecule has 2 aromatic carbocycles. The molecule has 1 N–H and O–H groups in total. The number of nitrogens with one attached hydrogen (secondary N) is 1. The molecule has 0 spiro atoms. The molecule has 0 heterocycles. The second-order valence-corrected chi connectivity index (χ2v) is 5.05. The van der Waals surface area contributed by atoms with Crippen molar-refractivity contribution < 1.29 is 13.2 Å². The Hall–Kier alpha value is -1.81. The molecule has 0 saturated carbocycles. The van der Waals surface area contributed by atoms with Gasteiger partial charge in [-0.25, -0.2) is 13.2 Å². The Morgan fingerprint density at radius 1 is 1.00 bits per heavy atom. The summed E-state index contributed by atoms with van der Waals surface area (Å²) in [5.41, 5.74) is 1.96. The first-order valence-electron chi connectivity index (χ1n) is 6.94. The van der Waals surface area contributed by atoms with E-state index in [2.05, 4.69) is 5.32 Å². The summed E-state index contributed by atoms with van der Waals surface area (Å²) in [5, 5.41) is 3.21. The van der Waals surface area contributed by atoms with Gasteiger partial charge in [-0.3, -0.25) is 0 Å². The van der Waals surface area contributed by atoms with Crippen LogP contribution in [0.2, 0.25) is 0 Å². The van der Waals surface area contributed by atoms with Crippen LogP contribution >= 0.6 is 0 Å². The summed E-state index contributed by atoms with van der Waals surface area (Å²) < 4.78 is 40.5. The van der Waals surface area contributed by atoms with Crippen LogP contribution in [0.25, 0.3) is 0 Å². The van der Waals surface area contributed by atoms with Gasteiger partial charge in [0.15, 0.2) is 0 Å². The van der Waals surface area contributed by atoms with Crippen molar-refractivity contribution in [2.24, 2.45) is 0 Å². The molecule has 0 aliphatic rings. The molecule has 1 unspecified atom stereocenters. The van der Waals surface area contributed by atoms with E-state index < -0.39 is 11.6 Å². The summed E-state index contributed by atoms with van der Waals surface area (Å²) in [4.78, 5) is 0. The van der Waals surface area contributed by atoms with Crippen LogP contribution in [-0.2, 0) is 6.42 Å². The van der Waals surface area contributed by atoms with Gasteiger partial charge in [0, 0.05) is 6.04 Å². The molecule has 112 valence electrons. The highest BCUT2D eigenvalue weighted by atomic mass is 19.1. The van der Waals surface area contributed by atoms with Crippen LogP contribution < -0.4 is 5.32 Å². The van der Waals surface area contributed by atoms with Crippen molar-refractivity contribution in [1.82, 2.24) is 5.32 Å². The van der Waals surface area contributed by atoms with Gasteiger partial charge in [-0.1, -0.05) is 13.0 Å². The van der Waals surface area contributed by atoms with Gasteiger partial charge >= 0.3 is 0 Å². The summed E-state index contributed by atoms with van der Waals surface area (Å²) in [7, 11) is 0. The van der Waals surface area contributed by atoms with Crippen LogP contribution in [0.15, 0.2) is 36.4 Å². The summed E-state index contributed by atoms with van der Waals surface area (Å²) in [6, 6.07) is 7.66. The first-order chi connectivity index (χ1) is 10.0. The third kappa shape index (κ3) is 3.85. The molecule has 2 rings (SSSR count). The van der Waals surface area contributed by atoms with E-state index in [1.165, 1.54) is 18.2 Å². The summed E-state index contributed by atoms with van der Waals surface area (Å²) in [6.07, 6.45) is 0.266. The van der Waals surface area contributed by atoms with Gasteiger partial charge in [0.1, 0.15) is 17.5 Å². The second kappa shape index (κ2) is 6.76. The Morgan fingerprint density at radius 2 is 1.67 bits per heavy atom. The highest BCUT2D eigenvalue weighted by Crippen LogP contribution is 2.24. The monoisotopic (exact) mass is 293 g/mol. The van der Waals surface area contributed by atoms with Crippen molar-refractivity contribution in [3.63, 3.8) is 0 Å². The Balaban J connectivity index is 2.35. The van der Waals surface area contributed by atoms with E-state index in [9.17, 15) is 13.2 Å². The predicted molar refractivity (Wildman–Crippen MR) is 77.6 cm³/mol. The minimum absolute atomic E-state index is 0.262. The average molecular weight is 293 g/mol. The van der Waals surface area contributed by atoms with Gasteiger partial charge < -0.3 is 5.32 Å². The zero-order valence-electron chi connectivity index (χ0n) is 12.1. The fraction of sp³-hybridized carbons (Fsp3) is 0.294. The lowest BCUT2D eigenvalue weighted by atomic mass is 9.95. The lowest BCUT2D eigenvalue weighted by molar-refractivity contribution is 0.516. The fourth-order valence-electron chi connectivity index (χ4n) is 2.44. The second-order valence-electron chi connectivity index (χ2n) is 5.05. The van der Waals surface area contributed by atoms with E-state index >= 15 is 0 Å². The Kier molecular flexibility index (Phi) is 5.02. The number of hydrogen-bond acceptors (Lipinski definition) is 1. The van der Waals surface area contributed by atoms with Gasteiger partial charge in [-0.15, -0.1) is 0 Å². The summed E-state index contributed by atoms with van der Waals surface area (Å²) in [6.45, 7) is 4.45. The van der Waals surface area contributed by atoms with Gasteiger partial charge in [-0.05, 0) is 66.9 Å². The summed E-state index contributed by atoms with van der Waals surface area (Å²) >= 11 is 0. The molecule has 0 aliphatic carbocycles. The van der Waals surface area contributed by atoms with Gasteiger partial charge in [0.25, 0.3) is 0 Å². The Bertz CT molecular complexity index is 625. The number of likely N-dealkylation sites (N-methyl/N-ethyl adjacent to an activating group) is 1. The van der Waals surface area contributed by atoms with Crippen LogP contribution in [0.5, 0.6) is 0 Å². The normalized spacial score (nSPS) is 12.4. The SMILES string of the molecule is CCNC(Cc1cc(F)ccc1F)c1cc(F)ccc1C. The van der Waals surface area contributed by atoms with Crippen molar-refractivity contribution in [1.29, 1.82) is 0 Å². The van der Waals surface area contributed by atoms with Crippen LogP contribution in [0.1, 0.15) is 29.7 Å². The topological polar surface area (TPSA) is 12.0 Å². The third-order valence-corrected chi connectivity index (χ3v) is 3.50. The minimum Gasteiger partial charge on any atom is -0.310 e. The zero-order chi connectivity index (χ0) is 15.4. The maximum Gasteiger partial charge on any atom is 0.126 e. The first kappa shape index (κ1) is 15.6. The molecular formula is C17H18F3N. The lowest BCUT2D eigenvalue weighted by Crippen LogP contribution is -2.24. The number of aryl methyl sites for hydroxylation is 1. The Labute approximate surface area is 122 Å². The maximum absolute atomic E-state index is 13.8. The maximum atomic E-state index is 13.8. The van der Waals surface area contributed by atoms with Crippen molar-refractivity contribution in [2.45, 2.75) is 26.3 Å². The molecule has 0 fully saturated rings. The fourth-order valence-corrected chi connectivity index (χ4v) is 2.44. The molecule has 0 radical (unpaired) electrons. The molecule has 0 saturated heterocycles. The molecule has 1 atom stereocenters. The molecule has 0 aliphatic heterocycles. The van der Waals surface area contributed by atoms with E-state index in [4.69, 9.17) is 0 Å². The van der Waals surface area contributed by atoms with Gasteiger partial charge in [0.05, 0.1) is 0 Å². The molecule has 0 amide bonds. The van der Waals surface area contributed by atoms with Crippen LogP contribution in [0.4, 0.5) is 13.2 Å². The van der Waals surface area contributed by atoms with E-state index in [0.29, 0.717) is 6.54 Å². The molecule has 0 aromatic heterocycles. The van der Waals surface area contributed by atoms with Gasteiger partial charge in [-0.2, -0.15) is 0 Å². The number of halogens is 3. The standard InChI is InChI=1S/C17H18F3N/c1-3-21-17(15-10-14(19)5-4-11(15)2)9-12-8-13(18)6-7-16(12)20/h4-8,10,17,21H,3,9H2,1-2H3. The average Bonchev–Trinajstić information content (AvgIpc) is 2.45. The molecular weight excluding hydrogens is 275 g/mol. The van der Waals surface area contributed by atoms with Crippen LogP contribution in [0, 0.1) is 24.4 Å². The predicted octanol–water partition coefficient (Wildman–Crippen LogP) is 4.31. The molecule has 4 heteroatoms. The minimum atomic E-state index is -0.474.